The van der Waals surface area contributed by atoms with E-state index in [9.17, 15) is 8.94 Å². The third-order valence-electron chi connectivity index (χ3n) is 5.65. The number of halogens is 1. The molecule has 1 aliphatic heterocycles. The van der Waals surface area contributed by atoms with Gasteiger partial charge in [0.15, 0.2) is 0 Å². The lowest BCUT2D eigenvalue weighted by molar-refractivity contribution is 0.00578. The molecule has 1 aromatic rings. The summed E-state index contributed by atoms with van der Waals surface area (Å²) in [5.41, 5.74) is 0.303. The molecule has 0 saturated carbocycles. The van der Waals surface area contributed by atoms with E-state index in [4.69, 9.17) is 9.31 Å². The summed E-state index contributed by atoms with van der Waals surface area (Å²) in [7, 11) is -0.552. The van der Waals surface area contributed by atoms with E-state index in [-0.39, 0.29) is 10.6 Å². The van der Waals surface area contributed by atoms with Crippen LogP contribution in [0, 0.1) is 5.82 Å². The van der Waals surface area contributed by atoms with Crippen LogP contribution >= 0.6 is 0 Å². The van der Waals surface area contributed by atoms with Gasteiger partial charge < -0.3 is 13.9 Å². The van der Waals surface area contributed by atoms with Gasteiger partial charge in [0.1, 0.15) is 10.6 Å². The number of rotatable bonds is 6. The normalized spacial score (nSPS) is 21.7. The van der Waals surface area contributed by atoms with Crippen molar-refractivity contribution in [3.8, 4) is 0 Å². The highest BCUT2D eigenvalue weighted by molar-refractivity contribution is 7.90. The second kappa shape index (κ2) is 7.43. The van der Waals surface area contributed by atoms with Crippen molar-refractivity contribution in [1.82, 2.24) is 4.72 Å². The Bertz CT molecular complexity index is 638. The summed E-state index contributed by atoms with van der Waals surface area (Å²) in [5, 5.41) is 0. The predicted octanol–water partition coefficient (Wildman–Crippen LogP) is 3.63. The molecule has 0 spiro atoms. The first-order valence-corrected chi connectivity index (χ1v) is 10.3. The molecule has 1 aromatic carbocycles. The smallest absolute Gasteiger partial charge is 0.494 e. The van der Waals surface area contributed by atoms with Crippen molar-refractivity contribution in [2.45, 2.75) is 83.8 Å². The van der Waals surface area contributed by atoms with Crippen LogP contribution in [0.5, 0.6) is 0 Å². The zero-order valence-electron chi connectivity index (χ0n) is 17.1. The van der Waals surface area contributed by atoms with Gasteiger partial charge in [0.05, 0.1) is 17.2 Å². The first kappa shape index (κ1) is 21.7. The maximum atomic E-state index is 14.4. The minimum Gasteiger partial charge on any atom is -0.598 e. The molecule has 2 atom stereocenters. The van der Waals surface area contributed by atoms with Crippen LogP contribution in [0.1, 0.15) is 73.4 Å². The first-order chi connectivity index (χ1) is 11.8. The maximum absolute atomic E-state index is 14.4. The minimum absolute atomic E-state index is 0.337. The van der Waals surface area contributed by atoms with E-state index in [1.807, 2.05) is 55.4 Å². The van der Waals surface area contributed by atoms with Gasteiger partial charge in [-0.1, -0.05) is 19.1 Å². The van der Waals surface area contributed by atoms with Crippen LogP contribution in [0.2, 0.25) is 0 Å². The van der Waals surface area contributed by atoms with Gasteiger partial charge in [0.2, 0.25) is 0 Å². The molecule has 7 heteroatoms. The molecule has 1 saturated heterocycles. The quantitative estimate of drug-likeness (QED) is 0.602. The Morgan fingerprint density at radius 3 is 2.27 bits per heavy atom. The highest BCUT2D eigenvalue weighted by Crippen LogP contribution is 2.36. The molecule has 1 N–H and O–H groups in total. The van der Waals surface area contributed by atoms with Crippen LogP contribution in [0.15, 0.2) is 18.2 Å². The van der Waals surface area contributed by atoms with Crippen LogP contribution in [0.4, 0.5) is 4.39 Å². The fourth-order valence-corrected chi connectivity index (χ4v) is 3.56. The summed E-state index contributed by atoms with van der Waals surface area (Å²) >= 11 is -1.28. The van der Waals surface area contributed by atoms with E-state index < -0.39 is 35.7 Å². The van der Waals surface area contributed by atoms with E-state index in [1.54, 1.807) is 12.1 Å². The highest BCUT2D eigenvalue weighted by Gasteiger charge is 2.51. The third kappa shape index (κ3) is 4.28. The molecular formula is C19H31BFNO3S. The average Bonchev–Trinajstić information content (AvgIpc) is 2.75. The summed E-state index contributed by atoms with van der Waals surface area (Å²) in [6.07, 6.45) is 0.760. The maximum Gasteiger partial charge on any atom is 0.494 e. The van der Waals surface area contributed by atoms with Gasteiger partial charge in [-0.05, 0) is 66.4 Å². The monoisotopic (exact) mass is 383 g/mol. The summed E-state index contributed by atoms with van der Waals surface area (Å²) < 4.78 is 41.7. The van der Waals surface area contributed by atoms with Crippen molar-refractivity contribution in [3.05, 3.63) is 29.6 Å². The van der Waals surface area contributed by atoms with Gasteiger partial charge >= 0.3 is 7.12 Å². The van der Waals surface area contributed by atoms with Gasteiger partial charge in [-0.3, -0.25) is 0 Å². The number of benzene rings is 1. The van der Waals surface area contributed by atoms with E-state index in [1.165, 1.54) is 6.07 Å². The van der Waals surface area contributed by atoms with Gasteiger partial charge in [0.25, 0.3) is 0 Å². The van der Waals surface area contributed by atoms with E-state index >= 15 is 0 Å². The average molecular weight is 383 g/mol. The Morgan fingerprint density at radius 2 is 1.77 bits per heavy atom. The summed E-state index contributed by atoms with van der Waals surface area (Å²) in [6.45, 7) is 15.6. The Balaban J connectivity index is 2.23. The lowest BCUT2D eigenvalue weighted by Crippen LogP contribution is -2.42. The van der Waals surface area contributed by atoms with Gasteiger partial charge in [-0.2, -0.15) is 0 Å². The topological polar surface area (TPSA) is 53.5 Å². The van der Waals surface area contributed by atoms with Crippen molar-refractivity contribution in [3.63, 3.8) is 0 Å². The van der Waals surface area contributed by atoms with E-state index in [0.717, 1.165) is 11.9 Å². The van der Waals surface area contributed by atoms with Crippen molar-refractivity contribution in [2.75, 3.05) is 0 Å². The minimum atomic E-state index is -1.28. The molecule has 26 heavy (non-hydrogen) atoms. The van der Waals surface area contributed by atoms with Gasteiger partial charge in [-0.15, -0.1) is 4.72 Å². The Morgan fingerprint density at radius 1 is 1.23 bits per heavy atom. The molecule has 4 nitrogen and oxygen atoms in total. The molecule has 0 aromatic heterocycles. The molecule has 0 amide bonds. The van der Waals surface area contributed by atoms with Crippen LogP contribution in [-0.2, 0) is 20.7 Å². The molecule has 1 heterocycles. The molecule has 146 valence electrons. The van der Waals surface area contributed by atoms with Crippen molar-refractivity contribution >= 4 is 23.9 Å². The van der Waals surface area contributed by atoms with Crippen molar-refractivity contribution in [2.24, 2.45) is 0 Å². The molecule has 0 bridgehead atoms. The third-order valence-corrected chi connectivity index (χ3v) is 7.51. The fourth-order valence-electron chi connectivity index (χ4n) is 2.53. The van der Waals surface area contributed by atoms with Gasteiger partial charge in [-0.25, -0.2) is 4.39 Å². The van der Waals surface area contributed by atoms with Crippen molar-refractivity contribution < 1.29 is 18.3 Å². The van der Waals surface area contributed by atoms with Crippen LogP contribution in [0.25, 0.3) is 0 Å². The second-order valence-corrected chi connectivity index (χ2v) is 10.5. The molecule has 2 rings (SSSR count). The molecule has 1 aliphatic rings. The predicted molar refractivity (Wildman–Crippen MR) is 106 cm³/mol. The second-order valence-electron chi connectivity index (χ2n) is 8.59. The van der Waals surface area contributed by atoms with Crippen LogP contribution in [0.3, 0.4) is 0 Å². The SMILES string of the molecule is CCC(C)(C)[S+]([O-])N[C@@H](C)c1cc(B2OC(C)(C)C(C)(C)O2)ccc1F. The summed E-state index contributed by atoms with van der Waals surface area (Å²) in [6, 6.07) is 4.44. The zero-order chi connectivity index (χ0) is 19.9. The summed E-state index contributed by atoms with van der Waals surface area (Å²) in [5.74, 6) is -0.337. The Labute approximate surface area is 160 Å². The molecule has 1 unspecified atom stereocenters. The lowest BCUT2D eigenvalue weighted by atomic mass is 9.78. The number of hydrogen-bond donors (Lipinski definition) is 1. The number of nitrogens with one attached hydrogen (secondary N) is 1. The molecule has 1 fully saturated rings. The molecular weight excluding hydrogens is 352 g/mol. The Hall–Kier alpha value is -0.595. The van der Waals surface area contributed by atoms with Crippen LogP contribution < -0.4 is 10.2 Å². The van der Waals surface area contributed by atoms with E-state index in [0.29, 0.717) is 5.56 Å². The molecule has 0 radical (unpaired) electrons. The summed E-state index contributed by atoms with van der Waals surface area (Å²) in [4.78, 5) is 0. The number of hydrogen-bond acceptors (Lipinski definition) is 4. The van der Waals surface area contributed by atoms with Crippen LogP contribution in [-0.4, -0.2) is 27.6 Å². The fraction of sp³-hybridized carbons (Fsp3) is 0.684. The van der Waals surface area contributed by atoms with Gasteiger partial charge in [0, 0.05) is 16.9 Å². The Kier molecular flexibility index (Phi) is 6.21. The first-order valence-electron chi connectivity index (χ1n) is 9.14. The zero-order valence-corrected chi connectivity index (χ0v) is 17.9. The van der Waals surface area contributed by atoms with E-state index in [2.05, 4.69) is 4.72 Å². The molecule has 0 aliphatic carbocycles. The largest absolute Gasteiger partial charge is 0.598 e. The highest BCUT2D eigenvalue weighted by atomic mass is 32.2. The standard InChI is InChI=1S/C19H31BFNO3S/c1-9-17(3,4)26(23)22-13(2)15-12-14(10-11-16(15)21)20-24-18(5,6)19(7,8)25-20/h10-13,22H,9H2,1-8H3/t13-,26?/m0/s1. The lowest BCUT2D eigenvalue weighted by Gasteiger charge is -2.32. The van der Waals surface area contributed by atoms with Crippen molar-refractivity contribution in [1.29, 1.82) is 0 Å².